The zero-order chi connectivity index (χ0) is 14.1. The maximum atomic E-state index is 13.6. The van der Waals surface area contributed by atoms with Crippen LogP contribution in [0.5, 0.6) is 0 Å². The summed E-state index contributed by atoms with van der Waals surface area (Å²) in [6.45, 7) is 0. The first-order chi connectivity index (χ1) is 8.89. The fourth-order valence-electron chi connectivity index (χ4n) is 2.32. The van der Waals surface area contributed by atoms with Crippen LogP contribution in [0.15, 0.2) is 54.6 Å². The Hall–Kier alpha value is -1.55. The van der Waals surface area contributed by atoms with Crippen LogP contribution in [-0.2, 0) is 10.2 Å². The zero-order valence-corrected chi connectivity index (χ0v) is 10.4. The van der Waals surface area contributed by atoms with Crippen LogP contribution in [-0.4, -0.2) is 11.4 Å². The molecule has 0 radical (unpaired) electrons. The van der Waals surface area contributed by atoms with Crippen LogP contribution in [0.2, 0.25) is 0 Å². The second-order valence-electron chi connectivity index (χ2n) is 4.26. The Morgan fingerprint density at radius 3 is 2.32 bits per heavy atom. The van der Waals surface area contributed by atoms with E-state index in [-0.39, 0.29) is 5.56 Å². The van der Waals surface area contributed by atoms with Gasteiger partial charge in [0.1, 0.15) is 5.41 Å². The molecule has 1 nitrogen and oxygen atoms in total. The van der Waals surface area contributed by atoms with Gasteiger partial charge in [-0.1, -0.05) is 54.6 Å². The lowest BCUT2D eigenvalue weighted by Crippen LogP contribution is -2.49. The summed E-state index contributed by atoms with van der Waals surface area (Å²) in [7, 11) is 0. The van der Waals surface area contributed by atoms with Crippen molar-refractivity contribution in [2.45, 2.75) is 11.6 Å². The third-order valence-corrected chi connectivity index (χ3v) is 3.46. The van der Waals surface area contributed by atoms with Crippen molar-refractivity contribution in [2.24, 2.45) is 5.92 Å². The van der Waals surface area contributed by atoms with Crippen molar-refractivity contribution in [3.05, 3.63) is 60.2 Å². The fraction of sp³-hybridized carbons (Fsp3) is 0.214. The minimum atomic E-state index is -4.62. The van der Waals surface area contributed by atoms with Crippen molar-refractivity contribution in [3.8, 4) is 0 Å². The van der Waals surface area contributed by atoms with Crippen LogP contribution in [0.1, 0.15) is 5.56 Å². The first kappa shape index (κ1) is 13.9. The number of carbonyl (C=O) groups excluding carboxylic acids is 1. The van der Waals surface area contributed by atoms with Crippen molar-refractivity contribution in [1.29, 1.82) is 0 Å². The Bertz CT molecular complexity index is 533. The van der Waals surface area contributed by atoms with E-state index in [9.17, 15) is 18.0 Å². The highest BCUT2D eigenvalue weighted by Gasteiger charge is 2.60. The Balaban J connectivity index is 2.68. The van der Waals surface area contributed by atoms with Gasteiger partial charge in [-0.05, 0) is 17.2 Å². The molecule has 0 fully saturated rings. The van der Waals surface area contributed by atoms with Gasteiger partial charge in [0.25, 0.3) is 0 Å². The second-order valence-corrected chi connectivity index (χ2v) is 4.63. The minimum absolute atomic E-state index is 0.00194. The average Bonchev–Trinajstić information content (AvgIpc) is 2.38. The van der Waals surface area contributed by atoms with E-state index in [2.05, 4.69) is 0 Å². The molecule has 0 spiro atoms. The summed E-state index contributed by atoms with van der Waals surface area (Å²) in [5.74, 6) is -1.46. The summed E-state index contributed by atoms with van der Waals surface area (Å²) in [6, 6.07) is 7.33. The van der Waals surface area contributed by atoms with Gasteiger partial charge in [-0.2, -0.15) is 13.2 Å². The van der Waals surface area contributed by atoms with E-state index in [4.69, 9.17) is 11.6 Å². The predicted octanol–water partition coefficient (Wildman–Crippen LogP) is 3.99. The SMILES string of the molecule is O=C(Cl)C1C=CC=CC1(c1ccccc1)C(F)(F)F. The van der Waals surface area contributed by atoms with Gasteiger partial charge in [0.15, 0.2) is 0 Å². The van der Waals surface area contributed by atoms with Gasteiger partial charge >= 0.3 is 6.18 Å². The van der Waals surface area contributed by atoms with Crippen molar-refractivity contribution < 1.29 is 18.0 Å². The highest BCUT2D eigenvalue weighted by Crippen LogP contribution is 2.50. The summed E-state index contributed by atoms with van der Waals surface area (Å²) >= 11 is 5.37. The highest BCUT2D eigenvalue weighted by molar-refractivity contribution is 6.64. The topological polar surface area (TPSA) is 17.1 Å². The zero-order valence-electron chi connectivity index (χ0n) is 9.69. The molecule has 0 aliphatic heterocycles. The molecule has 19 heavy (non-hydrogen) atoms. The summed E-state index contributed by atoms with van der Waals surface area (Å²) in [6.07, 6.45) is 0.253. The molecule has 2 atom stereocenters. The molecule has 0 N–H and O–H groups in total. The molecule has 0 amide bonds. The molecule has 0 saturated carbocycles. The Kier molecular flexibility index (Phi) is 3.54. The monoisotopic (exact) mass is 286 g/mol. The van der Waals surface area contributed by atoms with Gasteiger partial charge in [-0.3, -0.25) is 4.79 Å². The van der Waals surface area contributed by atoms with E-state index < -0.39 is 22.8 Å². The number of hydrogen-bond donors (Lipinski definition) is 0. The molecule has 0 bridgehead atoms. The van der Waals surface area contributed by atoms with Gasteiger partial charge in [0.2, 0.25) is 5.24 Å². The van der Waals surface area contributed by atoms with Crippen LogP contribution in [0.3, 0.4) is 0 Å². The number of rotatable bonds is 2. The van der Waals surface area contributed by atoms with Crippen molar-refractivity contribution in [3.63, 3.8) is 0 Å². The summed E-state index contributed by atoms with van der Waals surface area (Å²) in [5.41, 5.74) is -2.40. The lowest BCUT2D eigenvalue weighted by atomic mass is 9.68. The first-order valence-electron chi connectivity index (χ1n) is 5.57. The molecule has 1 aromatic rings. The maximum Gasteiger partial charge on any atom is 0.402 e. The van der Waals surface area contributed by atoms with Crippen molar-refractivity contribution in [2.75, 3.05) is 0 Å². The van der Waals surface area contributed by atoms with Gasteiger partial charge in [0, 0.05) is 0 Å². The third-order valence-electron chi connectivity index (χ3n) is 3.23. The Morgan fingerprint density at radius 1 is 1.16 bits per heavy atom. The number of benzene rings is 1. The van der Waals surface area contributed by atoms with E-state index in [1.165, 1.54) is 42.5 Å². The standard InChI is InChI=1S/C14H10ClF3O/c15-12(19)11-8-4-5-9-13(11,14(16,17)18)10-6-2-1-3-7-10/h1-9,11H. The van der Waals surface area contributed by atoms with Crippen molar-refractivity contribution in [1.82, 2.24) is 0 Å². The average molecular weight is 287 g/mol. The molecular weight excluding hydrogens is 277 g/mol. The van der Waals surface area contributed by atoms with Crippen LogP contribution < -0.4 is 0 Å². The molecular formula is C14H10ClF3O. The van der Waals surface area contributed by atoms with E-state index in [1.807, 2.05) is 0 Å². The summed E-state index contributed by atoms with van der Waals surface area (Å²) in [4.78, 5) is 11.4. The molecule has 1 aliphatic rings. The van der Waals surface area contributed by atoms with E-state index >= 15 is 0 Å². The lowest BCUT2D eigenvalue weighted by molar-refractivity contribution is -0.187. The van der Waals surface area contributed by atoms with E-state index in [1.54, 1.807) is 6.07 Å². The van der Waals surface area contributed by atoms with Crippen LogP contribution >= 0.6 is 11.6 Å². The fourth-order valence-corrected chi connectivity index (χ4v) is 2.56. The van der Waals surface area contributed by atoms with Gasteiger partial charge in [-0.15, -0.1) is 0 Å². The minimum Gasteiger partial charge on any atom is -0.281 e. The summed E-state index contributed by atoms with van der Waals surface area (Å²) in [5, 5.41) is -1.03. The number of alkyl halides is 3. The molecule has 2 unspecified atom stereocenters. The van der Waals surface area contributed by atoms with Crippen LogP contribution in [0, 0.1) is 5.92 Å². The Morgan fingerprint density at radius 2 is 1.79 bits per heavy atom. The second kappa shape index (κ2) is 4.85. The summed E-state index contributed by atoms with van der Waals surface area (Å²) < 4.78 is 40.8. The smallest absolute Gasteiger partial charge is 0.281 e. The molecule has 1 aliphatic carbocycles. The number of allylic oxidation sites excluding steroid dienone is 4. The molecule has 1 aromatic carbocycles. The molecule has 0 heterocycles. The predicted molar refractivity (Wildman–Crippen MR) is 66.8 cm³/mol. The molecule has 0 saturated heterocycles. The largest absolute Gasteiger partial charge is 0.402 e. The molecule has 5 heteroatoms. The number of hydrogen-bond acceptors (Lipinski definition) is 1. The maximum absolute atomic E-state index is 13.6. The first-order valence-corrected chi connectivity index (χ1v) is 5.95. The number of carbonyl (C=O) groups is 1. The third kappa shape index (κ3) is 2.21. The Labute approximate surface area is 113 Å². The lowest BCUT2D eigenvalue weighted by Gasteiger charge is -2.38. The molecule has 0 aromatic heterocycles. The van der Waals surface area contributed by atoms with E-state index in [0.29, 0.717) is 0 Å². The van der Waals surface area contributed by atoms with Gasteiger partial charge < -0.3 is 0 Å². The normalized spacial score (nSPS) is 26.4. The van der Waals surface area contributed by atoms with Gasteiger partial charge in [-0.25, -0.2) is 0 Å². The quantitative estimate of drug-likeness (QED) is 0.751. The highest BCUT2D eigenvalue weighted by atomic mass is 35.5. The van der Waals surface area contributed by atoms with Gasteiger partial charge in [0.05, 0.1) is 5.92 Å². The van der Waals surface area contributed by atoms with Crippen molar-refractivity contribution >= 4 is 16.8 Å². The molecule has 2 rings (SSSR count). The van der Waals surface area contributed by atoms with Crippen LogP contribution in [0.25, 0.3) is 0 Å². The molecule has 100 valence electrons. The van der Waals surface area contributed by atoms with Crippen LogP contribution in [0.4, 0.5) is 13.2 Å². The number of halogens is 4. The van der Waals surface area contributed by atoms with E-state index in [0.717, 1.165) is 6.08 Å².